The van der Waals surface area contributed by atoms with Gasteiger partial charge in [-0.25, -0.2) is 4.98 Å². The van der Waals surface area contributed by atoms with Gasteiger partial charge in [0.05, 0.1) is 5.75 Å². The molecule has 7 nitrogen and oxygen atoms in total. The molecule has 1 N–H and O–H groups in total. The fraction of sp³-hybridized carbons (Fsp3) is 0.400. The number of benzene rings is 1. The van der Waals surface area contributed by atoms with Gasteiger partial charge in [-0.15, -0.1) is 10.2 Å². The Morgan fingerprint density at radius 1 is 1.14 bits per heavy atom. The van der Waals surface area contributed by atoms with Crippen molar-refractivity contribution in [1.82, 2.24) is 24.5 Å². The van der Waals surface area contributed by atoms with E-state index in [0.29, 0.717) is 10.9 Å². The van der Waals surface area contributed by atoms with Gasteiger partial charge in [-0.3, -0.25) is 14.1 Å². The Labute approximate surface area is 168 Å². The number of aryl methyl sites for hydroxylation is 2. The number of amides is 1. The van der Waals surface area contributed by atoms with Gasteiger partial charge in [0.25, 0.3) is 5.78 Å². The van der Waals surface area contributed by atoms with E-state index < -0.39 is 0 Å². The monoisotopic (exact) mass is 396 g/mol. The molecule has 1 aliphatic heterocycles. The number of carbonyl (C=O) groups is 1. The van der Waals surface area contributed by atoms with Crippen LogP contribution in [0.1, 0.15) is 29.8 Å². The van der Waals surface area contributed by atoms with Crippen molar-refractivity contribution in [3.63, 3.8) is 0 Å². The lowest BCUT2D eigenvalue weighted by Gasteiger charge is -2.14. The third-order valence-corrected chi connectivity index (χ3v) is 5.77. The molecule has 1 aliphatic rings. The first-order chi connectivity index (χ1) is 13.6. The van der Waals surface area contributed by atoms with Gasteiger partial charge in [-0.2, -0.15) is 0 Å². The van der Waals surface area contributed by atoms with Crippen LogP contribution in [0, 0.1) is 13.8 Å². The lowest BCUT2D eigenvalue weighted by atomic mass is 10.2. The van der Waals surface area contributed by atoms with Crippen molar-refractivity contribution in [1.29, 1.82) is 0 Å². The summed E-state index contributed by atoms with van der Waals surface area (Å²) in [6.07, 6.45) is 2.59. The number of thioether (sulfide) groups is 1. The molecule has 0 unspecified atom stereocenters. The predicted octanol–water partition coefficient (Wildman–Crippen LogP) is 3.07. The fourth-order valence-corrected chi connectivity index (χ4v) is 4.30. The van der Waals surface area contributed by atoms with Crippen LogP contribution in [0.5, 0.6) is 0 Å². The van der Waals surface area contributed by atoms with E-state index in [1.807, 2.05) is 36.4 Å². The van der Waals surface area contributed by atoms with Gasteiger partial charge in [0, 0.05) is 23.6 Å². The van der Waals surface area contributed by atoms with E-state index in [1.54, 1.807) is 0 Å². The molecule has 0 radical (unpaired) electrons. The van der Waals surface area contributed by atoms with E-state index >= 15 is 0 Å². The highest BCUT2D eigenvalue weighted by atomic mass is 32.2. The van der Waals surface area contributed by atoms with Crippen LogP contribution in [0.2, 0.25) is 0 Å². The topological polar surface area (TPSA) is 75.4 Å². The molecule has 1 saturated heterocycles. The normalized spacial score (nSPS) is 14.6. The predicted molar refractivity (Wildman–Crippen MR) is 111 cm³/mol. The van der Waals surface area contributed by atoms with Crippen molar-refractivity contribution >= 4 is 29.1 Å². The molecule has 0 spiro atoms. The zero-order valence-electron chi connectivity index (χ0n) is 16.2. The average molecular weight is 397 g/mol. The minimum absolute atomic E-state index is 0.0632. The van der Waals surface area contributed by atoms with E-state index in [0.717, 1.165) is 23.6 Å². The molecular formula is C20H24N6OS. The summed E-state index contributed by atoms with van der Waals surface area (Å²) in [4.78, 5) is 19.2. The second kappa shape index (κ2) is 8.28. The first-order valence-corrected chi connectivity index (χ1v) is 10.5. The van der Waals surface area contributed by atoms with Gasteiger partial charge in [0.2, 0.25) is 5.91 Å². The van der Waals surface area contributed by atoms with Crippen LogP contribution in [0.4, 0.5) is 5.69 Å². The Morgan fingerprint density at radius 3 is 2.64 bits per heavy atom. The number of nitrogens with zero attached hydrogens (tertiary/aromatic N) is 5. The van der Waals surface area contributed by atoms with Crippen LogP contribution in [-0.2, 0) is 11.3 Å². The van der Waals surface area contributed by atoms with Crippen LogP contribution in [0.25, 0.3) is 5.78 Å². The Hall–Kier alpha value is -2.45. The molecule has 0 atom stereocenters. The van der Waals surface area contributed by atoms with Crippen molar-refractivity contribution < 1.29 is 4.79 Å². The van der Waals surface area contributed by atoms with E-state index in [1.165, 1.54) is 43.3 Å². The number of aromatic nitrogens is 4. The molecule has 0 saturated carbocycles. The van der Waals surface area contributed by atoms with E-state index in [4.69, 9.17) is 0 Å². The molecule has 3 aromatic rings. The fourth-order valence-electron chi connectivity index (χ4n) is 3.51. The SMILES string of the molecule is Cc1cc(C)n2c(SCC(=O)Nc3ccc(CN4CCCC4)cc3)nnc2n1. The zero-order chi connectivity index (χ0) is 19.5. The molecule has 146 valence electrons. The molecule has 28 heavy (non-hydrogen) atoms. The van der Waals surface area contributed by atoms with Crippen molar-refractivity contribution in [2.45, 2.75) is 38.4 Å². The second-order valence-electron chi connectivity index (χ2n) is 7.17. The molecule has 2 aromatic heterocycles. The van der Waals surface area contributed by atoms with Crippen LogP contribution < -0.4 is 5.32 Å². The molecule has 1 fully saturated rings. The van der Waals surface area contributed by atoms with Gasteiger partial charge >= 0.3 is 0 Å². The summed E-state index contributed by atoms with van der Waals surface area (Å²) >= 11 is 1.36. The maximum absolute atomic E-state index is 12.3. The lowest BCUT2D eigenvalue weighted by Crippen LogP contribution is -2.18. The third-order valence-electron chi connectivity index (χ3n) is 4.84. The number of hydrogen-bond donors (Lipinski definition) is 1. The summed E-state index contributed by atoms with van der Waals surface area (Å²) in [5.74, 6) is 0.768. The minimum Gasteiger partial charge on any atom is -0.325 e. The lowest BCUT2D eigenvalue weighted by molar-refractivity contribution is -0.113. The molecule has 1 amide bonds. The maximum atomic E-state index is 12.3. The van der Waals surface area contributed by atoms with Crippen LogP contribution in [-0.4, -0.2) is 49.2 Å². The van der Waals surface area contributed by atoms with Crippen LogP contribution >= 0.6 is 11.8 Å². The van der Waals surface area contributed by atoms with Crippen LogP contribution in [0.3, 0.4) is 0 Å². The van der Waals surface area contributed by atoms with Gasteiger partial charge in [-0.1, -0.05) is 23.9 Å². The maximum Gasteiger partial charge on any atom is 0.256 e. The molecular weight excluding hydrogens is 372 g/mol. The van der Waals surface area contributed by atoms with Crippen molar-refractivity contribution in [2.24, 2.45) is 0 Å². The summed E-state index contributed by atoms with van der Waals surface area (Å²) in [7, 11) is 0. The number of likely N-dealkylation sites (tertiary alicyclic amines) is 1. The number of nitrogens with one attached hydrogen (secondary N) is 1. The largest absolute Gasteiger partial charge is 0.325 e. The third kappa shape index (κ3) is 4.34. The molecule has 0 bridgehead atoms. The highest BCUT2D eigenvalue weighted by molar-refractivity contribution is 7.99. The molecule has 4 rings (SSSR count). The number of carbonyl (C=O) groups excluding carboxylic acids is 1. The Kier molecular flexibility index (Phi) is 5.59. The minimum atomic E-state index is -0.0632. The first kappa shape index (κ1) is 18.9. The van der Waals surface area contributed by atoms with Crippen LogP contribution in [0.15, 0.2) is 35.5 Å². The quantitative estimate of drug-likeness (QED) is 0.646. The van der Waals surface area contributed by atoms with Gasteiger partial charge in [0.1, 0.15) is 0 Å². The number of hydrogen-bond acceptors (Lipinski definition) is 6. The highest BCUT2D eigenvalue weighted by Gasteiger charge is 2.13. The number of fused-ring (bicyclic) bond motifs is 1. The first-order valence-electron chi connectivity index (χ1n) is 9.52. The number of rotatable bonds is 6. The van der Waals surface area contributed by atoms with E-state index in [9.17, 15) is 4.79 Å². The van der Waals surface area contributed by atoms with Crippen molar-refractivity contribution in [2.75, 3.05) is 24.2 Å². The summed E-state index contributed by atoms with van der Waals surface area (Å²) < 4.78 is 1.87. The smallest absolute Gasteiger partial charge is 0.256 e. The van der Waals surface area contributed by atoms with Crippen molar-refractivity contribution in [3.05, 3.63) is 47.3 Å². The average Bonchev–Trinajstić information content (AvgIpc) is 3.31. The summed E-state index contributed by atoms with van der Waals surface area (Å²) in [5.41, 5.74) is 4.00. The Bertz CT molecular complexity index is 978. The summed E-state index contributed by atoms with van der Waals surface area (Å²) in [6.45, 7) is 7.26. The second-order valence-corrected chi connectivity index (χ2v) is 8.12. The summed E-state index contributed by atoms with van der Waals surface area (Å²) in [6, 6.07) is 10.1. The highest BCUT2D eigenvalue weighted by Crippen LogP contribution is 2.19. The van der Waals surface area contributed by atoms with Gasteiger partial charge in [-0.05, 0) is 63.5 Å². The van der Waals surface area contributed by atoms with E-state index in [2.05, 4.69) is 37.5 Å². The van der Waals surface area contributed by atoms with Gasteiger partial charge in [0.15, 0.2) is 5.16 Å². The van der Waals surface area contributed by atoms with E-state index in [-0.39, 0.29) is 11.7 Å². The Balaban J connectivity index is 1.33. The molecule has 3 heterocycles. The zero-order valence-corrected chi connectivity index (χ0v) is 17.0. The van der Waals surface area contributed by atoms with Crippen molar-refractivity contribution in [3.8, 4) is 0 Å². The number of anilines is 1. The molecule has 1 aromatic carbocycles. The molecule has 0 aliphatic carbocycles. The Morgan fingerprint density at radius 2 is 1.89 bits per heavy atom. The summed E-state index contributed by atoms with van der Waals surface area (Å²) in [5, 5.41) is 11.9. The van der Waals surface area contributed by atoms with Gasteiger partial charge < -0.3 is 5.32 Å². The standard InChI is InChI=1S/C20H24N6OS/c1-14-11-15(2)26-19(21-14)23-24-20(26)28-13-18(27)22-17-7-5-16(6-8-17)12-25-9-3-4-10-25/h5-8,11H,3-4,9-10,12-13H2,1-2H3,(H,22,27). The molecule has 8 heteroatoms.